The first-order chi connectivity index (χ1) is 31.3. The Kier molecular flexibility index (Phi) is 6.11. The van der Waals surface area contributed by atoms with Gasteiger partial charge in [0, 0.05) is 0 Å². The minimum atomic E-state index is 0.0466. The van der Waals surface area contributed by atoms with Gasteiger partial charge in [0.15, 0.2) is 0 Å². The average Bonchev–Trinajstić information content (AvgIpc) is 3.73. The first-order valence-electron chi connectivity index (χ1n) is 21.7. The molecule has 0 atom stereocenters. The number of hydrogen-bond acceptors (Lipinski definition) is 4. The van der Waals surface area contributed by atoms with Crippen molar-refractivity contribution in [2.45, 2.75) is 0 Å². The van der Waals surface area contributed by atoms with Crippen LogP contribution in [0.15, 0.2) is 170 Å². The summed E-state index contributed by atoms with van der Waals surface area (Å²) in [4.78, 5) is 10.7. The van der Waals surface area contributed by atoms with Gasteiger partial charge in [-0.25, -0.2) is 0 Å². The van der Waals surface area contributed by atoms with Gasteiger partial charge >= 0.3 is 385 Å². The number of rotatable bonds is 0. The predicted octanol–water partition coefficient (Wildman–Crippen LogP) is 5.47. The Morgan fingerprint density at radius 3 is 1.16 bits per heavy atom. The van der Waals surface area contributed by atoms with Crippen molar-refractivity contribution >= 4 is 196 Å². The molecule has 8 heterocycles. The van der Waals surface area contributed by atoms with Gasteiger partial charge in [-0.3, -0.25) is 0 Å². The fraction of sp³-hybridized carbons (Fsp3) is 0. The van der Waals surface area contributed by atoms with Crippen LogP contribution in [0.1, 0.15) is 0 Å². The summed E-state index contributed by atoms with van der Waals surface area (Å²) in [6.45, 7) is 0.304. The Bertz CT molecular complexity index is 3600. The molecule has 0 fully saturated rings. The van der Waals surface area contributed by atoms with Crippen LogP contribution < -0.4 is 68.0 Å². The third kappa shape index (κ3) is 3.86. The molecule has 7 aliphatic heterocycles. The summed E-state index contributed by atoms with van der Waals surface area (Å²) in [5.41, 5.74) is 22.1. The van der Waals surface area contributed by atoms with Crippen LogP contribution in [0.4, 0.5) is 68.2 Å². The van der Waals surface area contributed by atoms with Gasteiger partial charge < -0.3 is 0 Å². The van der Waals surface area contributed by atoms with Gasteiger partial charge in [0.2, 0.25) is 0 Å². The first kappa shape index (κ1) is 33.4. The van der Waals surface area contributed by atoms with E-state index in [1.807, 2.05) is 0 Å². The monoisotopic (exact) mass is 994 g/mol. The third-order valence-electron chi connectivity index (χ3n) is 14.6. The van der Waals surface area contributed by atoms with Crippen molar-refractivity contribution in [2.75, 3.05) is 19.6 Å². The molecule has 0 spiro atoms. The van der Waals surface area contributed by atoms with Crippen LogP contribution >= 0.6 is 0 Å². The molecule has 0 saturated heterocycles. The van der Waals surface area contributed by atoms with Gasteiger partial charge in [-0.15, -0.1) is 0 Å². The van der Waals surface area contributed by atoms with E-state index in [0.717, 1.165) is 0 Å². The van der Waals surface area contributed by atoms with E-state index in [-0.39, 0.29) is 57.8 Å². The summed E-state index contributed by atoms with van der Waals surface area (Å²) >= 11 is 0.392. The van der Waals surface area contributed by atoms with Crippen molar-refractivity contribution in [3.05, 3.63) is 170 Å². The Morgan fingerprint density at radius 2 is 0.698 bits per heavy atom. The molecule has 9 aromatic carbocycles. The molecule has 4 nitrogen and oxygen atoms in total. The van der Waals surface area contributed by atoms with Crippen molar-refractivity contribution in [2.24, 2.45) is 0 Å². The van der Waals surface area contributed by atoms with Gasteiger partial charge in [0.05, 0.1) is 0 Å². The van der Waals surface area contributed by atoms with Gasteiger partial charge in [0.1, 0.15) is 0 Å². The standard InChI is InChI=1S/C54H28B2N4Se3/c1-3-15-31-29(13-1)27-33-47-51(31)61-43-25-9-7-19-37(43)59(47)41-23-11-21-39-45(41)55(33)53-49-50-54(63-53)56-34-28-30-14-2-4-16-32(30)52-48(34)60(38-20-8-10-26-44(38)62-52)42-24-12-22-40(46(42)56)58(50)36-18-6-5-17-35(36)57(39)49/h1-28H. The van der Waals surface area contributed by atoms with Gasteiger partial charge in [-0.2, -0.15) is 0 Å². The van der Waals surface area contributed by atoms with E-state index in [1.165, 1.54) is 129 Å². The van der Waals surface area contributed by atoms with Crippen LogP contribution in [0.25, 0.3) is 21.5 Å². The average molecular weight is 991 g/mol. The van der Waals surface area contributed by atoms with E-state index < -0.39 is 0 Å². The second-order valence-corrected chi connectivity index (χ2v) is 24.2. The first-order valence-corrected chi connectivity index (χ1v) is 26.8. The molecule has 0 radical (unpaired) electrons. The fourth-order valence-corrected chi connectivity index (χ4v) is 20.7. The molecule has 7 aliphatic rings. The SMILES string of the molecule is c1ccc2c(c1)[Se]c1c3c(cc4ccccc14)B1c4[se]c5c6c4N(c4ccccc4N6c4cccc6c4B5c4cc5ccccc5c5c4N6c4ccccc4[Se]5)c4cccc(c41)N23. The molecule has 17 rings (SSSR count). The molecule has 0 aliphatic carbocycles. The maximum atomic E-state index is 2.70. The van der Waals surface area contributed by atoms with Gasteiger partial charge in [0.25, 0.3) is 0 Å². The third-order valence-corrected chi connectivity index (χ3v) is 22.3. The second kappa shape index (κ2) is 11.5. The molecule has 0 N–H and O–H groups in total. The van der Waals surface area contributed by atoms with Crippen LogP contribution in [0.2, 0.25) is 0 Å². The summed E-state index contributed by atoms with van der Waals surface area (Å²) in [7, 11) is 0. The number of benzene rings is 9. The molecule has 0 bridgehead atoms. The summed E-state index contributed by atoms with van der Waals surface area (Å²) in [6, 6.07) is 65.6. The topological polar surface area (TPSA) is 13.0 Å². The van der Waals surface area contributed by atoms with Gasteiger partial charge in [-0.1, -0.05) is 0 Å². The summed E-state index contributed by atoms with van der Waals surface area (Å²) in [5.74, 6) is 0. The normalized spacial score (nSPS) is 15.3. The van der Waals surface area contributed by atoms with Crippen LogP contribution in [-0.4, -0.2) is 57.8 Å². The molecular weight excluding hydrogens is 963 g/mol. The zero-order valence-electron chi connectivity index (χ0n) is 33.3. The number of nitrogens with zero attached hydrogens (tertiary/aromatic N) is 4. The van der Waals surface area contributed by atoms with Crippen LogP contribution in [0.5, 0.6) is 0 Å². The number of anilines is 12. The molecule has 10 aromatic rings. The van der Waals surface area contributed by atoms with Crippen molar-refractivity contribution in [3.63, 3.8) is 0 Å². The number of para-hydroxylation sites is 4. The summed E-state index contributed by atoms with van der Waals surface area (Å²) < 4.78 is 9.16. The van der Waals surface area contributed by atoms with Gasteiger partial charge in [-0.05, 0) is 0 Å². The Hall–Kier alpha value is -6.13. The number of fused-ring (bicyclic) bond motifs is 19. The molecule has 288 valence electrons. The maximum absolute atomic E-state index is 2.70. The van der Waals surface area contributed by atoms with Crippen LogP contribution in [0.3, 0.4) is 0 Å². The predicted molar refractivity (Wildman–Crippen MR) is 270 cm³/mol. The molecule has 1 aromatic heterocycles. The Morgan fingerprint density at radius 1 is 0.333 bits per heavy atom. The van der Waals surface area contributed by atoms with E-state index in [0.29, 0.717) is 0 Å². The van der Waals surface area contributed by atoms with Crippen LogP contribution in [-0.2, 0) is 0 Å². The van der Waals surface area contributed by atoms with E-state index in [2.05, 4.69) is 189 Å². The molecule has 9 heteroatoms. The second-order valence-electron chi connectivity index (χ2n) is 17.5. The van der Waals surface area contributed by atoms with E-state index in [1.54, 1.807) is 8.67 Å². The molecule has 0 unspecified atom stereocenters. The Balaban J connectivity index is 1.02. The molecular formula is C54H28B2N4Se3. The van der Waals surface area contributed by atoms with Crippen molar-refractivity contribution in [3.8, 4) is 0 Å². The van der Waals surface area contributed by atoms with Crippen molar-refractivity contribution < 1.29 is 0 Å². The zero-order valence-corrected chi connectivity index (χ0v) is 38.5. The van der Waals surface area contributed by atoms with E-state index in [4.69, 9.17) is 0 Å². The fourth-order valence-electron chi connectivity index (χ4n) is 12.3. The minimum absolute atomic E-state index is 0.0466. The van der Waals surface area contributed by atoms with Crippen molar-refractivity contribution in [1.29, 1.82) is 0 Å². The number of hydrogen-bond donors (Lipinski definition) is 0. The molecule has 0 amide bonds. The Labute approximate surface area is 382 Å². The summed E-state index contributed by atoms with van der Waals surface area (Å²) in [6.07, 6.45) is 0. The quantitative estimate of drug-likeness (QED) is 0.187. The molecule has 63 heavy (non-hydrogen) atoms. The molecule has 0 saturated carbocycles. The van der Waals surface area contributed by atoms with Crippen molar-refractivity contribution in [1.82, 2.24) is 0 Å². The zero-order chi connectivity index (χ0) is 40.4. The van der Waals surface area contributed by atoms with Crippen LogP contribution in [0, 0.1) is 0 Å². The summed E-state index contributed by atoms with van der Waals surface area (Å²) in [5, 5.41) is 5.51. The van der Waals surface area contributed by atoms with E-state index in [9.17, 15) is 0 Å². The van der Waals surface area contributed by atoms with E-state index >= 15 is 0 Å².